The van der Waals surface area contributed by atoms with Crippen LogP contribution >= 0.6 is 0 Å². The van der Waals surface area contributed by atoms with Gasteiger partial charge in [-0.1, -0.05) is 45.0 Å². The Morgan fingerprint density at radius 1 is 0.958 bits per heavy atom. The lowest BCUT2D eigenvalue weighted by Crippen LogP contribution is -2.57. The number of methoxy groups -OCH3 is 1. The summed E-state index contributed by atoms with van der Waals surface area (Å²) in [6.45, 7) is 9.40. The van der Waals surface area contributed by atoms with Crippen LogP contribution < -0.4 is 31.3 Å². The Morgan fingerprint density at radius 2 is 1.62 bits per heavy atom. The third-order valence-electron chi connectivity index (χ3n) is 7.85. The fourth-order valence-electron chi connectivity index (χ4n) is 4.99. The molecule has 48 heavy (non-hydrogen) atoms. The number of carbonyl (C=O) groups excluding carboxylic acids is 6. The molecule has 0 aliphatic carbocycles. The van der Waals surface area contributed by atoms with E-state index in [0.29, 0.717) is 5.75 Å². The van der Waals surface area contributed by atoms with E-state index in [0.717, 1.165) is 5.56 Å². The van der Waals surface area contributed by atoms with Crippen molar-refractivity contribution < 1.29 is 38.1 Å². The first-order valence-corrected chi connectivity index (χ1v) is 15.9. The molecular weight excluding hydrogens is 624 g/mol. The number of carbonyl (C=O) groups is 6. The Morgan fingerprint density at radius 3 is 2.21 bits per heavy atom. The minimum absolute atomic E-state index is 0.0217. The van der Waals surface area contributed by atoms with E-state index in [4.69, 9.17) is 4.74 Å². The zero-order valence-corrected chi connectivity index (χ0v) is 28.4. The highest BCUT2D eigenvalue weighted by molar-refractivity contribution is 5.97. The van der Waals surface area contributed by atoms with Crippen LogP contribution in [0.4, 0.5) is 0 Å². The Balaban J connectivity index is 1.91. The van der Waals surface area contributed by atoms with Crippen molar-refractivity contribution >= 4 is 35.4 Å². The summed E-state index contributed by atoms with van der Waals surface area (Å²) in [5, 5.41) is 20.6. The summed E-state index contributed by atoms with van der Waals surface area (Å²) in [6.07, 6.45) is 0.347. The Labute approximate surface area is 279 Å². The summed E-state index contributed by atoms with van der Waals surface area (Å²) >= 11 is 0. The van der Waals surface area contributed by atoms with Crippen LogP contribution in [0.3, 0.4) is 0 Å². The van der Waals surface area contributed by atoms with Crippen molar-refractivity contribution in [3.8, 4) is 5.75 Å². The van der Waals surface area contributed by atoms with Crippen molar-refractivity contribution in [2.45, 2.75) is 78.6 Å². The largest absolute Gasteiger partial charge is 0.497 e. The van der Waals surface area contributed by atoms with Gasteiger partial charge in [0.05, 0.1) is 20.2 Å². The van der Waals surface area contributed by atoms with Gasteiger partial charge in [-0.05, 0) is 55.0 Å². The van der Waals surface area contributed by atoms with Crippen LogP contribution in [0.25, 0.3) is 0 Å². The standard InChI is InChI=1S/C32H46N8O8/c1-17(2)12-23-31(45)36-24(13-21-8-10-22(47-7)11-9-21)30(44)34-20(6)29(43)37-25(18(3)4)15-40(16-26(41)35-23)27(42)14-33-32(46)28-19(5)38-48-39-28/h8-11,17-18,20,23-25H,12-16H2,1-7H3,(H,33,46)(H,34,44)(H,35,41)(H,36,45)(H,37,43)/t20-,23+,24+,25-/m1/s1. The molecule has 5 N–H and O–H groups in total. The lowest BCUT2D eigenvalue weighted by Gasteiger charge is -2.31. The molecule has 16 nitrogen and oxygen atoms in total. The van der Waals surface area contributed by atoms with E-state index in [1.54, 1.807) is 24.3 Å². The molecular formula is C32H46N8O8. The smallest absolute Gasteiger partial charge is 0.275 e. The lowest BCUT2D eigenvalue weighted by atomic mass is 10.0. The minimum atomic E-state index is -1.08. The van der Waals surface area contributed by atoms with E-state index in [2.05, 4.69) is 41.5 Å². The highest BCUT2D eigenvalue weighted by atomic mass is 16.6. The summed E-state index contributed by atoms with van der Waals surface area (Å²) in [4.78, 5) is 81.2. The van der Waals surface area contributed by atoms with Crippen molar-refractivity contribution in [3.63, 3.8) is 0 Å². The van der Waals surface area contributed by atoms with Gasteiger partial charge in [0.2, 0.25) is 29.5 Å². The molecule has 1 aliphatic rings. The van der Waals surface area contributed by atoms with Crippen LogP contribution in [0.1, 0.15) is 62.8 Å². The van der Waals surface area contributed by atoms with E-state index in [9.17, 15) is 28.8 Å². The third-order valence-corrected chi connectivity index (χ3v) is 7.85. The number of ether oxygens (including phenoxy) is 1. The Bertz CT molecular complexity index is 1460. The third kappa shape index (κ3) is 10.8. The second kappa shape index (κ2) is 17.2. The maximum absolute atomic E-state index is 13.6. The van der Waals surface area contributed by atoms with E-state index < -0.39 is 72.7 Å². The second-order valence-corrected chi connectivity index (χ2v) is 12.6. The summed E-state index contributed by atoms with van der Waals surface area (Å²) in [5.74, 6) is -3.27. The minimum Gasteiger partial charge on any atom is -0.497 e. The van der Waals surface area contributed by atoms with Gasteiger partial charge in [-0.25, -0.2) is 4.63 Å². The lowest BCUT2D eigenvalue weighted by molar-refractivity contribution is -0.137. The van der Waals surface area contributed by atoms with Crippen LogP contribution in [0, 0.1) is 18.8 Å². The van der Waals surface area contributed by atoms with Crippen molar-refractivity contribution in [3.05, 3.63) is 41.2 Å². The first-order valence-electron chi connectivity index (χ1n) is 15.9. The molecule has 262 valence electrons. The van der Waals surface area contributed by atoms with Crippen LogP contribution in [0.2, 0.25) is 0 Å². The average Bonchev–Trinajstić information content (AvgIpc) is 3.47. The molecule has 0 bridgehead atoms. The summed E-state index contributed by atoms with van der Waals surface area (Å²) < 4.78 is 9.77. The molecule has 0 unspecified atom stereocenters. The molecule has 1 aliphatic heterocycles. The zero-order chi connectivity index (χ0) is 35.5. The molecule has 0 radical (unpaired) electrons. The SMILES string of the molecule is COc1ccc(C[C@@H]2NC(=O)[C@H](CC(C)C)NC(=O)CN(C(=O)CNC(=O)c3nonc3C)C[C@H](C(C)C)NC(=O)[C@@H](C)NC2=O)cc1. The highest BCUT2D eigenvalue weighted by Gasteiger charge is 2.32. The maximum atomic E-state index is 13.6. The van der Waals surface area contributed by atoms with Gasteiger partial charge in [0.1, 0.15) is 29.6 Å². The molecule has 1 fully saturated rings. The quantitative estimate of drug-likeness (QED) is 0.238. The van der Waals surface area contributed by atoms with E-state index in [1.165, 1.54) is 25.9 Å². The van der Waals surface area contributed by atoms with Crippen molar-refractivity contribution in [1.29, 1.82) is 0 Å². The molecule has 16 heteroatoms. The summed E-state index contributed by atoms with van der Waals surface area (Å²) in [7, 11) is 1.54. The first-order chi connectivity index (χ1) is 22.7. The Hall–Kier alpha value is -5.02. The second-order valence-electron chi connectivity index (χ2n) is 12.6. The van der Waals surface area contributed by atoms with Crippen molar-refractivity contribution in [1.82, 2.24) is 41.8 Å². The summed E-state index contributed by atoms with van der Waals surface area (Å²) in [6, 6.07) is 3.23. The van der Waals surface area contributed by atoms with E-state index in [1.807, 2.05) is 27.7 Å². The fraction of sp³-hybridized carbons (Fsp3) is 0.562. The number of hydrogen-bond donors (Lipinski definition) is 5. The molecule has 2 heterocycles. The van der Waals surface area contributed by atoms with Gasteiger partial charge >= 0.3 is 0 Å². The average molecular weight is 671 g/mol. The molecule has 0 saturated carbocycles. The normalized spacial score (nSPS) is 21.4. The number of aromatic nitrogens is 2. The van der Waals surface area contributed by atoms with Crippen LogP contribution in [-0.2, 0) is 30.4 Å². The number of aryl methyl sites for hydroxylation is 1. The van der Waals surface area contributed by atoms with Crippen molar-refractivity contribution in [2.24, 2.45) is 11.8 Å². The molecule has 2 aromatic rings. The molecule has 1 saturated heterocycles. The van der Waals surface area contributed by atoms with Gasteiger partial charge in [0.15, 0.2) is 5.69 Å². The number of hydrogen-bond acceptors (Lipinski definition) is 10. The molecule has 1 aromatic heterocycles. The van der Waals surface area contributed by atoms with E-state index in [-0.39, 0.29) is 42.6 Å². The van der Waals surface area contributed by atoms with E-state index >= 15 is 0 Å². The predicted molar refractivity (Wildman–Crippen MR) is 172 cm³/mol. The van der Waals surface area contributed by atoms with Gasteiger partial charge in [-0.2, -0.15) is 0 Å². The molecule has 1 aromatic carbocycles. The summed E-state index contributed by atoms with van der Waals surface area (Å²) in [5.41, 5.74) is 0.874. The molecule has 4 atom stereocenters. The highest BCUT2D eigenvalue weighted by Crippen LogP contribution is 2.14. The predicted octanol–water partition coefficient (Wildman–Crippen LogP) is -0.137. The maximum Gasteiger partial charge on any atom is 0.275 e. The topological polar surface area (TPSA) is 214 Å². The number of nitrogens with one attached hydrogen (secondary N) is 5. The van der Waals surface area contributed by atoms with Crippen LogP contribution in [0.5, 0.6) is 5.75 Å². The number of rotatable bonds is 9. The number of benzene rings is 1. The Kier molecular flexibility index (Phi) is 13.4. The molecule has 0 spiro atoms. The molecule has 3 rings (SSSR count). The van der Waals surface area contributed by atoms with Crippen molar-refractivity contribution in [2.75, 3.05) is 26.7 Å². The van der Waals surface area contributed by atoms with Gasteiger partial charge in [0.25, 0.3) is 5.91 Å². The van der Waals surface area contributed by atoms with Crippen LogP contribution in [0.15, 0.2) is 28.9 Å². The van der Waals surface area contributed by atoms with Gasteiger partial charge in [-0.15, -0.1) is 0 Å². The van der Waals surface area contributed by atoms with Gasteiger partial charge in [0, 0.05) is 19.0 Å². The molecule has 6 amide bonds. The first kappa shape index (κ1) is 37.4. The number of nitrogens with zero attached hydrogens (tertiary/aromatic N) is 3. The van der Waals surface area contributed by atoms with Gasteiger partial charge in [-0.3, -0.25) is 28.8 Å². The van der Waals surface area contributed by atoms with Gasteiger partial charge < -0.3 is 36.2 Å². The van der Waals surface area contributed by atoms with Crippen LogP contribution in [-0.4, -0.2) is 102 Å². The zero-order valence-electron chi connectivity index (χ0n) is 28.4. The fourth-order valence-corrected chi connectivity index (χ4v) is 4.99. The number of amides is 6. The monoisotopic (exact) mass is 670 g/mol.